The number of carbonyl (C=O) groups is 3. The van der Waals surface area contributed by atoms with Crippen LogP contribution in [0, 0.1) is 27.7 Å². The van der Waals surface area contributed by atoms with Crippen molar-refractivity contribution in [1.29, 1.82) is 0 Å². The van der Waals surface area contributed by atoms with Gasteiger partial charge >= 0.3 is 12.1 Å². The number of hydrogen-bond donors (Lipinski definition) is 4. The first-order chi connectivity index (χ1) is 22.8. The molecule has 0 radical (unpaired) electrons. The average molecular weight is 684 g/mol. The topological polar surface area (TPSA) is 185 Å². The summed E-state index contributed by atoms with van der Waals surface area (Å²) < 4.78 is 39.4. The van der Waals surface area contributed by atoms with Crippen molar-refractivity contribution in [2.75, 3.05) is 31.6 Å². The third kappa shape index (κ3) is 10.5. The number of carboxylic acids is 1. The number of benzene rings is 2. The molecule has 2 heterocycles. The van der Waals surface area contributed by atoms with E-state index in [2.05, 4.69) is 20.3 Å². The molecule has 3 unspecified atom stereocenters. The van der Waals surface area contributed by atoms with Gasteiger partial charge in [0.05, 0.1) is 23.6 Å². The van der Waals surface area contributed by atoms with Crippen molar-refractivity contribution < 1.29 is 42.2 Å². The number of sulfonamides is 1. The molecule has 48 heavy (non-hydrogen) atoms. The Labute approximate surface area is 279 Å². The lowest BCUT2D eigenvalue weighted by atomic mass is 10.1. The summed E-state index contributed by atoms with van der Waals surface area (Å²) in [5, 5.41) is 16.8. The number of nitrogens with one attached hydrogen (secondary N) is 3. The van der Waals surface area contributed by atoms with Crippen molar-refractivity contribution in [2.45, 2.75) is 63.8 Å². The van der Waals surface area contributed by atoms with E-state index in [-0.39, 0.29) is 24.1 Å². The maximum absolute atomic E-state index is 13.1. The maximum atomic E-state index is 13.1. The third-order valence-corrected chi connectivity index (χ3v) is 9.32. The minimum atomic E-state index is -4.21. The number of ether oxygens (including phenoxy) is 2. The first-order valence-electron chi connectivity index (χ1n) is 15.3. The van der Waals surface area contributed by atoms with E-state index in [4.69, 9.17) is 14.3 Å². The van der Waals surface area contributed by atoms with Gasteiger partial charge in [-0.1, -0.05) is 54.1 Å². The maximum Gasteiger partial charge on any atom is 0.528 e. The Kier molecular flexibility index (Phi) is 12.5. The lowest BCUT2D eigenvalue weighted by Gasteiger charge is -2.22. The first-order valence-corrected chi connectivity index (χ1v) is 16.8. The predicted molar refractivity (Wildman–Crippen MR) is 175 cm³/mol. The first kappa shape index (κ1) is 36.3. The summed E-state index contributed by atoms with van der Waals surface area (Å²) in [4.78, 5) is 47.0. The minimum Gasteiger partial charge on any atom is -0.480 e. The van der Waals surface area contributed by atoms with E-state index in [9.17, 15) is 27.9 Å². The number of carbonyl (C=O) groups excluding carboxylic acids is 2. The van der Waals surface area contributed by atoms with Crippen LogP contribution in [0.5, 0.6) is 0 Å². The molecule has 1 saturated heterocycles. The molecule has 0 saturated carbocycles. The number of nitrogens with zero attached hydrogens (tertiary/aromatic N) is 2. The number of aliphatic carboxylic acids is 1. The monoisotopic (exact) mass is 683 g/mol. The quantitative estimate of drug-likeness (QED) is 0.172. The molecule has 14 nitrogen and oxygen atoms in total. The fourth-order valence-electron chi connectivity index (χ4n) is 5.44. The third-order valence-electron chi connectivity index (χ3n) is 7.55. The predicted octanol–water partition coefficient (Wildman–Crippen LogP) is 3.00. The van der Waals surface area contributed by atoms with Gasteiger partial charge in [0.2, 0.25) is 15.9 Å². The molecular formula is C33H41N5O9S. The average Bonchev–Trinajstić information content (AvgIpc) is 3.40. The number of hydroxylamine groups is 2. The van der Waals surface area contributed by atoms with Crippen molar-refractivity contribution in [3.63, 3.8) is 0 Å². The zero-order valence-electron chi connectivity index (χ0n) is 27.3. The van der Waals surface area contributed by atoms with Crippen molar-refractivity contribution in [2.24, 2.45) is 0 Å². The van der Waals surface area contributed by atoms with Crippen LogP contribution in [0.3, 0.4) is 0 Å². The highest BCUT2D eigenvalue weighted by atomic mass is 32.2. The zero-order chi connectivity index (χ0) is 34.8. The molecule has 1 aliphatic heterocycles. The van der Waals surface area contributed by atoms with Crippen LogP contribution in [-0.2, 0) is 40.5 Å². The molecule has 4 N–H and O–H groups in total. The molecule has 258 valence electrons. The molecule has 4 rings (SSSR count). The van der Waals surface area contributed by atoms with Crippen molar-refractivity contribution in [1.82, 2.24) is 20.1 Å². The number of pyridine rings is 1. The van der Waals surface area contributed by atoms with Gasteiger partial charge < -0.3 is 30.1 Å². The highest BCUT2D eigenvalue weighted by Crippen LogP contribution is 2.23. The van der Waals surface area contributed by atoms with Crippen LogP contribution >= 0.6 is 0 Å². The number of aryl methyl sites for hydroxylation is 4. The number of anilines is 1. The van der Waals surface area contributed by atoms with Gasteiger partial charge in [-0.05, 0) is 62.9 Å². The van der Waals surface area contributed by atoms with Gasteiger partial charge in [0.25, 0.3) is 0 Å². The number of carboxylic acid groups (broad SMARTS) is 1. The van der Waals surface area contributed by atoms with E-state index in [1.54, 1.807) is 26.0 Å². The van der Waals surface area contributed by atoms with Gasteiger partial charge in [0, 0.05) is 18.8 Å². The van der Waals surface area contributed by atoms with Gasteiger partial charge in [-0.2, -0.15) is 4.72 Å². The summed E-state index contributed by atoms with van der Waals surface area (Å²) in [6, 6.07) is 16.1. The van der Waals surface area contributed by atoms with Gasteiger partial charge in [0.15, 0.2) is 0 Å². The lowest BCUT2D eigenvalue weighted by molar-refractivity contribution is -0.143. The second-order valence-corrected chi connectivity index (χ2v) is 13.3. The Morgan fingerprint density at radius 3 is 2.40 bits per heavy atom. The molecule has 2 aromatic carbocycles. The van der Waals surface area contributed by atoms with Crippen LogP contribution in [0.4, 0.5) is 10.6 Å². The molecule has 3 atom stereocenters. The fraction of sp³-hybridized carbons (Fsp3) is 0.394. The van der Waals surface area contributed by atoms with Crippen LogP contribution in [0.1, 0.15) is 34.4 Å². The van der Waals surface area contributed by atoms with Crippen molar-refractivity contribution >= 4 is 33.9 Å². The Bertz CT molecular complexity index is 1680. The summed E-state index contributed by atoms with van der Waals surface area (Å²) in [6.07, 6.45) is -1.05. The molecule has 3 aromatic rings. The number of amides is 1. The van der Waals surface area contributed by atoms with Gasteiger partial charge in [-0.3, -0.25) is 9.59 Å². The van der Waals surface area contributed by atoms with Crippen LogP contribution in [0.15, 0.2) is 65.6 Å². The number of rotatable bonds is 15. The molecular weight excluding hydrogens is 642 g/mol. The fourth-order valence-corrected chi connectivity index (χ4v) is 7.08. The van der Waals surface area contributed by atoms with E-state index in [1.807, 2.05) is 62.4 Å². The van der Waals surface area contributed by atoms with E-state index in [0.717, 1.165) is 16.8 Å². The van der Waals surface area contributed by atoms with Crippen molar-refractivity contribution in [3.05, 3.63) is 88.6 Å². The largest absolute Gasteiger partial charge is 0.528 e. The molecule has 1 amide bonds. The smallest absolute Gasteiger partial charge is 0.480 e. The molecule has 0 spiro atoms. The van der Waals surface area contributed by atoms with Gasteiger partial charge in [0.1, 0.15) is 25.1 Å². The normalized spacial score (nSPS) is 17.0. The molecule has 0 aliphatic carbocycles. The van der Waals surface area contributed by atoms with E-state index < -0.39 is 53.4 Å². The minimum absolute atomic E-state index is 0.00631. The van der Waals surface area contributed by atoms with E-state index >= 15 is 0 Å². The Balaban J connectivity index is 1.32. The Morgan fingerprint density at radius 2 is 1.73 bits per heavy atom. The van der Waals surface area contributed by atoms with E-state index in [0.29, 0.717) is 29.9 Å². The standard InChI is InChI=1S/C33H41N5O9S/c1-21-13-22(2)31(23(3)14-21)48(43,44)37-28(32(40)41)17-35-30(39)20-45-27-15-26(16-34-29-12-8-9-24(4)36-29)38(18-27)47-33(42)46-19-25-10-6-5-7-11-25/h5-14,26-28,37H,15-20H2,1-4H3,(H,34,36)(H,35,39)(H,40,41). The number of aromatic nitrogens is 1. The summed E-state index contributed by atoms with van der Waals surface area (Å²) in [7, 11) is -4.21. The van der Waals surface area contributed by atoms with Crippen LogP contribution < -0.4 is 15.4 Å². The summed E-state index contributed by atoms with van der Waals surface area (Å²) in [6.45, 7) is 6.52. The summed E-state index contributed by atoms with van der Waals surface area (Å²) >= 11 is 0. The molecule has 1 fully saturated rings. The summed E-state index contributed by atoms with van der Waals surface area (Å²) in [5.74, 6) is -1.46. The second kappa shape index (κ2) is 16.5. The van der Waals surface area contributed by atoms with Gasteiger partial charge in [-0.15, -0.1) is 5.06 Å². The van der Waals surface area contributed by atoms with Crippen LogP contribution in [0.2, 0.25) is 0 Å². The SMILES string of the molecule is Cc1cc(C)c(S(=O)(=O)NC(CNC(=O)COC2CC(CNc3cccc(C)n3)N(OC(=O)OCc3ccccc3)C2)C(=O)O)c(C)c1. The molecule has 1 aromatic heterocycles. The molecule has 1 aliphatic rings. The Morgan fingerprint density at radius 1 is 1.02 bits per heavy atom. The van der Waals surface area contributed by atoms with Crippen LogP contribution in [-0.4, -0.2) is 86.0 Å². The zero-order valence-corrected chi connectivity index (χ0v) is 28.1. The molecule has 0 bridgehead atoms. The highest BCUT2D eigenvalue weighted by molar-refractivity contribution is 7.89. The summed E-state index contributed by atoms with van der Waals surface area (Å²) in [5.41, 5.74) is 3.45. The van der Waals surface area contributed by atoms with Crippen LogP contribution in [0.25, 0.3) is 0 Å². The molecule has 15 heteroatoms. The Hall–Kier alpha value is -4.57. The lowest BCUT2D eigenvalue weighted by Crippen LogP contribution is -2.49. The number of hydrogen-bond acceptors (Lipinski definition) is 11. The van der Waals surface area contributed by atoms with Gasteiger partial charge in [-0.25, -0.2) is 18.2 Å². The van der Waals surface area contributed by atoms with Crippen molar-refractivity contribution in [3.8, 4) is 0 Å². The second-order valence-electron chi connectivity index (χ2n) is 11.6. The van der Waals surface area contributed by atoms with E-state index in [1.165, 1.54) is 5.06 Å². The highest BCUT2D eigenvalue weighted by Gasteiger charge is 2.36.